The summed E-state index contributed by atoms with van der Waals surface area (Å²) >= 11 is 0. The Morgan fingerprint density at radius 3 is 2.67 bits per heavy atom. The van der Waals surface area contributed by atoms with E-state index in [0.717, 1.165) is 0 Å². The van der Waals surface area contributed by atoms with Crippen molar-refractivity contribution in [1.29, 1.82) is 0 Å². The molecule has 1 rings (SSSR count). The summed E-state index contributed by atoms with van der Waals surface area (Å²) < 4.78 is 17.6. The summed E-state index contributed by atoms with van der Waals surface area (Å²) in [6.45, 7) is 1.26. The summed E-state index contributed by atoms with van der Waals surface area (Å²) in [5, 5.41) is 13.7. The lowest BCUT2D eigenvalue weighted by molar-refractivity contribution is 0.0910. The third-order valence-corrected chi connectivity index (χ3v) is 2.09. The average molecular weight is 256 g/mol. The van der Waals surface area contributed by atoms with Crippen LogP contribution in [0.5, 0.6) is 0 Å². The van der Waals surface area contributed by atoms with Gasteiger partial charge in [0.2, 0.25) is 0 Å². The SMILES string of the molecule is O=C(NCCCOCCO)Nc1ccc(F)cc1. The van der Waals surface area contributed by atoms with E-state index >= 15 is 0 Å². The van der Waals surface area contributed by atoms with Gasteiger partial charge < -0.3 is 20.5 Å². The lowest BCUT2D eigenvalue weighted by atomic mass is 10.3. The molecule has 3 N–H and O–H groups in total. The molecule has 2 amide bonds. The molecule has 0 heterocycles. The van der Waals surface area contributed by atoms with Gasteiger partial charge in [-0.25, -0.2) is 9.18 Å². The number of hydrogen-bond donors (Lipinski definition) is 3. The maximum absolute atomic E-state index is 12.6. The standard InChI is InChI=1S/C12H17FN2O3/c13-10-2-4-11(5-3-10)15-12(17)14-6-1-8-18-9-7-16/h2-5,16H,1,6-9H2,(H2,14,15,17). The number of benzene rings is 1. The number of anilines is 1. The second kappa shape index (κ2) is 8.43. The van der Waals surface area contributed by atoms with Crippen LogP contribution in [0.15, 0.2) is 24.3 Å². The van der Waals surface area contributed by atoms with Crippen LogP contribution in [0.1, 0.15) is 6.42 Å². The summed E-state index contributed by atoms with van der Waals surface area (Å²) in [6, 6.07) is 5.18. The largest absolute Gasteiger partial charge is 0.394 e. The highest BCUT2D eigenvalue weighted by molar-refractivity contribution is 5.89. The van der Waals surface area contributed by atoms with Gasteiger partial charge in [-0.15, -0.1) is 0 Å². The zero-order valence-electron chi connectivity index (χ0n) is 9.99. The Bertz CT molecular complexity index is 357. The van der Waals surface area contributed by atoms with E-state index in [9.17, 15) is 9.18 Å². The van der Waals surface area contributed by atoms with Crippen LogP contribution in [-0.2, 0) is 4.74 Å². The van der Waals surface area contributed by atoms with Gasteiger partial charge >= 0.3 is 6.03 Å². The van der Waals surface area contributed by atoms with Crippen LogP contribution in [0.25, 0.3) is 0 Å². The normalized spacial score (nSPS) is 10.1. The molecule has 6 heteroatoms. The van der Waals surface area contributed by atoms with E-state index in [1.807, 2.05) is 0 Å². The average Bonchev–Trinajstić information content (AvgIpc) is 2.36. The van der Waals surface area contributed by atoms with Gasteiger partial charge in [0.15, 0.2) is 0 Å². The molecule has 1 aromatic rings. The molecule has 0 aliphatic rings. The molecule has 0 saturated carbocycles. The Morgan fingerprint density at radius 1 is 1.28 bits per heavy atom. The monoisotopic (exact) mass is 256 g/mol. The number of carbonyl (C=O) groups excluding carboxylic acids is 1. The van der Waals surface area contributed by atoms with Crippen molar-refractivity contribution in [3.05, 3.63) is 30.1 Å². The quantitative estimate of drug-likeness (QED) is 0.645. The highest BCUT2D eigenvalue weighted by atomic mass is 19.1. The molecule has 0 aromatic heterocycles. The first kappa shape index (κ1) is 14.4. The maximum Gasteiger partial charge on any atom is 0.319 e. The highest BCUT2D eigenvalue weighted by Crippen LogP contribution is 2.07. The van der Waals surface area contributed by atoms with Crippen LogP contribution >= 0.6 is 0 Å². The van der Waals surface area contributed by atoms with Gasteiger partial charge in [0.1, 0.15) is 5.82 Å². The Balaban J connectivity index is 2.12. The van der Waals surface area contributed by atoms with Gasteiger partial charge in [0.25, 0.3) is 0 Å². The molecule has 0 aliphatic heterocycles. The molecular weight excluding hydrogens is 239 g/mol. The van der Waals surface area contributed by atoms with Crippen molar-refractivity contribution >= 4 is 11.7 Å². The number of aliphatic hydroxyl groups is 1. The zero-order chi connectivity index (χ0) is 13.2. The molecule has 100 valence electrons. The number of amides is 2. The number of rotatable bonds is 7. The number of aliphatic hydroxyl groups excluding tert-OH is 1. The zero-order valence-corrected chi connectivity index (χ0v) is 9.99. The van der Waals surface area contributed by atoms with Gasteiger partial charge in [-0.1, -0.05) is 0 Å². The molecule has 0 saturated heterocycles. The number of ether oxygens (including phenoxy) is 1. The fraction of sp³-hybridized carbons (Fsp3) is 0.417. The molecule has 0 aliphatic carbocycles. The molecule has 1 aromatic carbocycles. The van der Waals surface area contributed by atoms with Crippen LogP contribution < -0.4 is 10.6 Å². The van der Waals surface area contributed by atoms with Crippen molar-refractivity contribution in [2.24, 2.45) is 0 Å². The second-order valence-corrected chi connectivity index (χ2v) is 3.58. The Hall–Kier alpha value is -1.66. The summed E-state index contributed by atoms with van der Waals surface area (Å²) in [4.78, 5) is 11.4. The number of carbonyl (C=O) groups is 1. The van der Waals surface area contributed by atoms with E-state index in [0.29, 0.717) is 31.9 Å². The van der Waals surface area contributed by atoms with Crippen molar-refractivity contribution in [1.82, 2.24) is 5.32 Å². The minimum atomic E-state index is -0.345. The van der Waals surface area contributed by atoms with E-state index < -0.39 is 0 Å². The Labute approximate surface area is 105 Å². The van der Waals surface area contributed by atoms with Gasteiger partial charge in [0, 0.05) is 18.8 Å². The molecular formula is C12H17FN2O3. The summed E-state index contributed by atoms with van der Waals surface area (Å²) in [7, 11) is 0. The first-order valence-electron chi connectivity index (χ1n) is 5.71. The van der Waals surface area contributed by atoms with Gasteiger partial charge in [0.05, 0.1) is 13.2 Å². The third kappa shape index (κ3) is 6.17. The van der Waals surface area contributed by atoms with Crippen molar-refractivity contribution in [2.45, 2.75) is 6.42 Å². The number of nitrogens with one attached hydrogen (secondary N) is 2. The predicted octanol–water partition coefficient (Wildman–Crippen LogP) is 1.35. The fourth-order valence-electron chi connectivity index (χ4n) is 1.25. The van der Waals surface area contributed by atoms with E-state index in [1.165, 1.54) is 24.3 Å². The van der Waals surface area contributed by atoms with E-state index in [1.54, 1.807) is 0 Å². The highest BCUT2D eigenvalue weighted by Gasteiger charge is 2.00. The summed E-state index contributed by atoms with van der Waals surface area (Å²) in [6.07, 6.45) is 0.664. The van der Waals surface area contributed by atoms with Crippen LogP contribution in [0.2, 0.25) is 0 Å². The maximum atomic E-state index is 12.6. The second-order valence-electron chi connectivity index (χ2n) is 3.58. The number of halogens is 1. The van der Waals surface area contributed by atoms with E-state index in [-0.39, 0.29) is 18.5 Å². The van der Waals surface area contributed by atoms with Gasteiger partial charge in [-0.2, -0.15) is 0 Å². The number of urea groups is 1. The third-order valence-electron chi connectivity index (χ3n) is 2.09. The van der Waals surface area contributed by atoms with Crippen LogP contribution in [0, 0.1) is 5.82 Å². The van der Waals surface area contributed by atoms with Crippen LogP contribution in [-0.4, -0.2) is 37.5 Å². The Kier molecular flexibility index (Phi) is 6.75. The minimum absolute atomic E-state index is 0.00151. The van der Waals surface area contributed by atoms with Crippen LogP contribution in [0.4, 0.5) is 14.9 Å². The molecule has 18 heavy (non-hydrogen) atoms. The van der Waals surface area contributed by atoms with Crippen molar-refractivity contribution in [3.63, 3.8) is 0 Å². The van der Waals surface area contributed by atoms with Gasteiger partial charge in [-0.05, 0) is 30.7 Å². The molecule has 0 spiro atoms. The molecule has 0 bridgehead atoms. The molecule has 0 atom stereocenters. The van der Waals surface area contributed by atoms with Gasteiger partial charge in [-0.3, -0.25) is 0 Å². The molecule has 0 unspecified atom stereocenters. The topological polar surface area (TPSA) is 70.6 Å². The first-order chi connectivity index (χ1) is 8.72. The lowest BCUT2D eigenvalue weighted by Gasteiger charge is -2.07. The van der Waals surface area contributed by atoms with Crippen LogP contribution in [0.3, 0.4) is 0 Å². The minimum Gasteiger partial charge on any atom is -0.394 e. The van der Waals surface area contributed by atoms with Crippen molar-refractivity contribution < 1.29 is 19.0 Å². The summed E-state index contributed by atoms with van der Waals surface area (Å²) in [5.74, 6) is -0.345. The van der Waals surface area contributed by atoms with E-state index in [4.69, 9.17) is 9.84 Å². The molecule has 0 fully saturated rings. The first-order valence-corrected chi connectivity index (χ1v) is 5.71. The fourth-order valence-corrected chi connectivity index (χ4v) is 1.25. The van der Waals surface area contributed by atoms with Crippen molar-refractivity contribution in [2.75, 3.05) is 31.7 Å². The Morgan fingerprint density at radius 2 is 2.00 bits per heavy atom. The molecule has 5 nitrogen and oxygen atoms in total. The smallest absolute Gasteiger partial charge is 0.319 e. The predicted molar refractivity (Wildman–Crippen MR) is 65.9 cm³/mol. The van der Waals surface area contributed by atoms with Crippen molar-refractivity contribution in [3.8, 4) is 0 Å². The molecule has 0 radical (unpaired) electrons. The summed E-state index contributed by atoms with van der Waals surface area (Å²) in [5.41, 5.74) is 0.533. The number of hydrogen-bond acceptors (Lipinski definition) is 3. The van der Waals surface area contributed by atoms with E-state index in [2.05, 4.69) is 10.6 Å². The lowest BCUT2D eigenvalue weighted by Crippen LogP contribution is -2.30.